The smallest absolute Gasteiger partial charge is 0.313 e. The molecule has 17 heavy (non-hydrogen) atoms. The molecular formula is C12H13NO4. The molecule has 0 aliphatic carbocycles. The molecule has 1 aromatic heterocycles. The van der Waals surface area contributed by atoms with Crippen molar-refractivity contribution in [1.82, 2.24) is 4.98 Å². The first-order chi connectivity index (χ1) is 8.11. The maximum absolute atomic E-state index is 11.1. The van der Waals surface area contributed by atoms with E-state index in [4.69, 9.17) is 14.3 Å². The Bertz CT molecular complexity index is 546. The van der Waals surface area contributed by atoms with Crippen LogP contribution in [0, 0.1) is 6.92 Å². The van der Waals surface area contributed by atoms with Gasteiger partial charge in [0.25, 0.3) is 0 Å². The van der Waals surface area contributed by atoms with Gasteiger partial charge in [-0.3, -0.25) is 4.79 Å². The minimum absolute atomic E-state index is 0.133. The summed E-state index contributed by atoms with van der Waals surface area (Å²) < 4.78 is 10.3. The van der Waals surface area contributed by atoms with Crippen LogP contribution in [0.3, 0.4) is 0 Å². The summed E-state index contributed by atoms with van der Waals surface area (Å²) in [6, 6.07) is 5.20. The highest BCUT2D eigenvalue weighted by Crippen LogP contribution is 2.23. The molecule has 1 heterocycles. The van der Waals surface area contributed by atoms with Gasteiger partial charge in [-0.1, -0.05) is 6.07 Å². The van der Waals surface area contributed by atoms with Crippen molar-refractivity contribution in [2.75, 3.05) is 13.7 Å². The predicted molar refractivity (Wildman–Crippen MR) is 61.0 cm³/mol. The fourth-order valence-corrected chi connectivity index (χ4v) is 1.75. The van der Waals surface area contributed by atoms with E-state index in [1.54, 1.807) is 25.1 Å². The van der Waals surface area contributed by atoms with Crippen LogP contribution < -0.4 is 0 Å². The van der Waals surface area contributed by atoms with E-state index in [9.17, 15) is 4.79 Å². The Morgan fingerprint density at radius 2 is 2.35 bits per heavy atom. The van der Waals surface area contributed by atoms with Crippen molar-refractivity contribution in [3.8, 4) is 0 Å². The van der Waals surface area contributed by atoms with Crippen LogP contribution >= 0.6 is 0 Å². The van der Waals surface area contributed by atoms with Crippen molar-refractivity contribution in [3.05, 3.63) is 29.7 Å². The summed E-state index contributed by atoms with van der Waals surface area (Å²) in [5, 5.41) is 9.11. The Kier molecular flexibility index (Phi) is 3.10. The SMILES string of the molecule is COCC(C(=O)O)c1ccc2nc(C)oc2c1. The molecule has 0 saturated heterocycles. The fourth-order valence-electron chi connectivity index (χ4n) is 1.75. The molecule has 0 fully saturated rings. The largest absolute Gasteiger partial charge is 0.481 e. The zero-order valence-corrected chi connectivity index (χ0v) is 9.64. The lowest BCUT2D eigenvalue weighted by Gasteiger charge is -2.10. The van der Waals surface area contributed by atoms with Crippen molar-refractivity contribution < 1.29 is 19.1 Å². The second-order valence-electron chi connectivity index (χ2n) is 3.81. The lowest BCUT2D eigenvalue weighted by Crippen LogP contribution is -2.16. The molecule has 5 nitrogen and oxygen atoms in total. The molecule has 2 rings (SSSR count). The van der Waals surface area contributed by atoms with Gasteiger partial charge in [0, 0.05) is 14.0 Å². The average molecular weight is 235 g/mol. The molecule has 0 amide bonds. The van der Waals surface area contributed by atoms with E-state index in [1.165, 1.54) is 7.11 Å². The number of nitrogens with zero attached hydrogens (tertiary/aromatic N) is 1. The van der Waals surface area contributed by atoms with Gasteiger partial charge < -0.3 is 14.3 Å². The summed E-state index contributed by atoms with van der Waals surface area (Å²) in [5.41, 5.74) is 1.98. The van der Waals surface area contributed by atoms with Gasteiger partial charge >= 0.3 is 5.97 Å². The Morgan fingerprint density at radius 3 is 3.00 bits per heavy atom. The molecule has 0 saturated carbocycles. The number of aromatic nitrogens is 1. The lowest BCUT2D eigenvalue weighted by molar-refractivity contribution is -0.140. The zero-order chi connectivity index (χ0) is 12.4. The Hall–Kier alpha value is -1.88. The Balaban J connectivity index is 2.42. The highest BCUT2D eigenvalue weighted by atomic mass is 16.5. The fraction of sp³-hybridized carbons (Fsp3) is 0.333. The van der Waals surface area contributed by atoms with E-state index in [0.717, 1.165) is 5.52 Å². The molecular weight excluding hydrogens is 222 g/mol. The first kappa shape index (κ1) is 11.6. The van der Waals surface area contributed by atoms with E-state index in [1.807, 2.05) is 0 Å². The third-order valence-electron chi connectivity index (χ3n) is 2.55. The number of hydrogen-bond acceptors (Lipinski definition) is 4. The van der Waals surface area contributed by atoms with Crippen molar-refractivity contribution in [2.45, 2.75) is 12.8 Å². The van der Waals surface area contributed by atoms with Crippen molar-refractivity contribution in [3.63, 3.8) is 0 Å². The summed E-state index contributed by atoms with van der Waals surface area (Å²) in [6.45, 7) is 1.89. The lowest BCUT2D eigenvalue weighted by atomic mass is 10.00. The van der Waals surface area contributed by atoms with E-state index in [0.29, 0.717) is 17.0 Å². The predicted octanol–water partition coefficient (Wildman–Crippen LogP) is 1.95. The van der Waals surface area contributed by atoms with Gasteiger partial charge in [-0.2, -0.15) is 0 Å². The number of oxazole rings is 1. The van der Waals surface area contributed by atoms with Crippen LogP contribution in [0.15, 0.2) is 22.6 Å². The number of benzene rings is 1. The molecule has 1 atom stereocenters. The van der Waals surface area contributed by atoms with E-state index < -0.39 is 11.9 Å². The normalized spacial score (nSPS) is 12.8. The van der Waals surface area contributed by atoms with E-state index >= 15 is 0 Å². The number of methoxy groups -OCH3 is 1. The quantitative estimate of drug-likeness (QED) is 0.876. The summed E-state index contributed by atoms with van der Waals surface area (Å²) in [6.07, 6.45) is 0. The monoisotopic (exact) mass is 235 g/mol. The molecule has 5 heteroatoms. The third-order valence-corrected chi connectivity index (χ3v) is 2.55. The van der Waals surface area contributed by atoms with E-state index in [2.05, 4.69) is 4.98 Å². The second kappa shape index (κ2) is 4.55. The van der Waals surface area contributed by atoms with Crippen LogP contribution in [0.4, 0.5) is 0 Å². The van der Waals surface area contributed by atoms with Gasteiger partial charge in [0.05, 0.1) is 6.61 Å². The Labute approximate surface area is 98.0 Å². The number of ether oxygens (including phenoxy) is 1. The van der Waals surface area contributed by atoms with Crippen LogP contribution in [-0.4, -0.2) is 29.8 Å². The summed E-state index contributed by atoms with van der Waals surface area (Å²) in [7, 11) is 1.48. The highest BCUT2D eigenvalue weighted by Gasteiger charge is 2.20. The van der Waals surface area contributed by atoms with Crippen LogP contribution in [0.25, 0.3) is 11.1 Å². The molecule has 90 valence electrons. The second-order valence-corrected chi connectivity index (χ2v) is 3.81. The topological polar surface area (TPSA) is 72.6 Å². The average Bonchev–Trinajstić information content (AvgIpc) is 2.64. The number of carbonyl (C=O) groups is 1. The molecule has 1 aromatic carbocycles. The van der Waals surface area contributed by atoms with Gasteiger partial charge in [-0.05, 0) is 17.7 Å². The molecule has 0 bridgehead atoms. The van der Waals surface area contributed by atoms with Crippen LogP contribution in [-0.2, 0) is 9.53 Å². The van der Waals surface area contributed by atoms with Gasteiger partial charge in [0.2, 0.25) is 0 Å². The molecule has 2 aromatic rings. The summed E-state index contributed by atoms with van der Waals surface area (Å²) >= 11 is 0. The molecule has 0 aliphatic rings. The molecule has 0 radical (unpaired) electrons. The summed E-state index contributed by atoms with van der Waals surface area (Å²) in [5.74, 6) is -1.03. The number of aryl methyl sites for hydroxylation is 1. The maximum Gasteiger partial charge on any atom is 0.313 e. The number of carboxylic acids is 1. The van der Waals surface area contributed by atoms with Gasteiger partial charge in [0.1, 0.15) is 11.4 Å². The van der Waals surface area contributed by atoms with Crippen molar-refractivity contribution in [1.29, 1.82) is 0 Å². The van der Waals surface area contributed by atoms with Gasteiger partial charge in [-0.15, -0.1) is 0 Å². The number of fused-ring (bicyclic) bond motifs is 1. The van der Waals surface area contributed by atoms with Crippen LogP contribution in [0.1, 0.15) is 17.4 Å². The van der Waals surface area contributed by atoms with Crippen molar-refractivity contribution in [2.24, 2.45) is 0 Å². The number of rotatable bonds is 4. The van der Waals surface area contributed by atoms with Crippen LogP contribution in [0.5, 0.6) is 0 Å². The number of carboxylic acid groups (broad SMARTS) is 1. The standard InChI is InChI=1S/C12H13NO4/c1-7-13-10-4-3-8(5-11(10)17-7)9(6-16-2)12(14)15/h3-5,9H,6H2,1-2H3,(H,14,15). The van der Waals surface area contributed by atoms with Crippen LogP contribution in [0.2, 0.25) is 0 Å². The Morgan fingerprint density at radius 1 is 1.59 bits per heavy atom. The molecule has 1 N–H and O–H groups in total. The first-order valence-corrected chi connectivity index (χ1v) is 5.20. The van der Waals surface area contributed by atoms with Crippen molar-refractivity contribution >= 4 is 17.1 Å². The minimum Gasteiger partial charge on any atom is -0.481 e. The highest BCUT2D eigenvalue weighted by molar-refractivity contribution is 5.80. The molecule has 1 unspecified atom stereocenters. The maximum atomic E-state index is 11.1. The zero-order valence-electron chi connectivity index (χ0n) is 9.64. The van der Waals surface area contributed by atoms with E-state index in [-0.39, 0.29) is 6.61 Å². The minimum atomic E-state index is -0.914. The molecule has 0 aliphatic heterocycles. The molecule has 0 spiro atoms. The third kappa shape index (κ3) is 2.29. The first-order valence-electron chi connectivity index (χ1n) is 5.20. The summed E-state index contributed by atoms with van der Waals surface area (Å²) in [4.78, 5) is 15.3. The van der Waals surface area contributed by atoms with Gasteiger partial charge in [-0.25, -0.2) is 4.98 Å². The number of aliphatic carboxylic acids is 1. The van der Waals surface area contributed by atoms with Gasteiger partial charge in [0.15, 0.2) is 11.5 Å². The number of hydrogen-bond donors (Lipinski definition) is 1.